The SMILES string of the molecule is CN(C)C(=O)C(=O)c1c(Br)cc2ccccn12. The summed E-state index contributed by atoms with van der Waals surface area (Å²) in [5, 5.41) is 0. The number of carbonyl (C=O) groups excluding carboxylic acids is 2. The number of carbonyl (C=O) groups is 2. The third-order valence-electron chi connectivity index (χ3n) is 2.45. The van der Waals surface area contributed by atoms with Gasteiger partial charge in [0.25, 0.3) is 11.7 Å². The number of ketones is 1. The molecule has 0 saturated carbocycles. The monoisotopic (exact) mass is 294 g/mol. The van der Waals surface area contributed by atoms with Gasteiger partial charge in [0.05, 0.1) is 0 Å². The maximum Gasteiger partial charge on any atom is 0.296 e. The lowest BCUT2D eigenvalue weighted by molar-refractivity contribution is -0.124. The Morgan fingerprint density at radius 3 is 2.65 bits per heavy atom. The van der Waals surface area contributed by atoms with Crippen LogP contribution in [0.4, 0.5) is 0 Å². The van der Waals surface area contributed by atoms with Crippen LogP contribution in [-0.2, 0) is 4.79 Å². The van der Waals surface area contributed by atoms with Crippen molar-refractivity contribution in [2.75, 3.05) is 14.1 Å². The molecular weight excluding hydrogens is 284 g/mol. The van der Waals surface area contributed by atoms with E-state index in [2.05, 4.69) is 15.9 Å². The van der Waals surface area contributed by atoms with Crippen LogP contribution in [0.5, 0.6) is 0 Å². The van der Waals surface area contributed by atoms with Gasteiger partial charge in [-0.25, -0.2) is 0 Å². The van der Waals surface area contributed by atoms with Gasteiger partial charge < -0.3 is 9.30 Å². The van der Waals surface area contributed by atoms with Crippen molar-refractivity contribution in [1.82, 2.24) is 9.30 Å². The van der Waals surface area contributed by atoms with Crippen molar-refractivity contribution in [3.63, 3.8) is 0 Å². The molecule has 0 radical (unpaired) electrons. The average Bonchev–Trinajstić information content (AvgIpc) is 2.62. The van der Waals surface area contributed by atoms with Crippen LogP contribution in [-0.4, -0.2) is 35.1 Å². The van der Waals surface area contributed by atoms with E-state index in [1.165, 1.54) is 4.90 Å². The molecule has 2 rings (SSSR count). The molecule has 0 N–H and O–H groups in total. The number of amides is 1. The molecule has 0 saturated heterocycles. The van der Waals surface area contributed by atoms with Crippen molar-refractivity contribution in [3.05, 3.63) is 40.6 Å². The molecule has 0 aliphatic heterocycles. The van der Waals surface area contributed by atoms with E-state index in [1.807, 2.05) is 24.3 Å². The molecule has 1 amide bonds. The van der Waals surface area contributed by atoms with Crippen molar-refractivity contribution in [3.8, 4) is 0 Å². The number of Topliss-reactive ketones (excluding diaryl/α,β-unsaturated/α-hetero) is 1. The van der Waals surface area contributed by atoms with Crippen LogP contribution in [0.2, 0.25) is 0 Å². The predicted octanol–water partition coefficient (Wildman–Crippen LogP) is 1.97. The zero-order chi connectivity index (χ0) is 12.6. The van der Waals surface area contributed by atoms with E-state index in [9.17, 15) is 9.59 Å². The first-order valence-electron chi connectivity index (χ1n) is 5.04. The second-order valence-electron chi connectivity index (χ2n) is 3.87. The van der Waals surface area contributed by atoms with Crippen LogP contribution in [0.3, 0.4) is 0 Å². The first kappa shape index (κ1) is 11.9. The molecule has 2 aromatic heterocycles. The summed E-state index contributed by atoms with van der Waals surface area (Å²) in [5.74, 6) is -1.05. The van der Waals surface area contributed by atoms with Gasteiger partial charge in [-0.2, -0.15) is 0 Å². The highest BCUT2D eigenvalue weighted by Crippen LogP contribution is 2.23. The molecule has 0 aliphatic rings. The van der Waals surface area contributed by atoms with Crippen molar-refractivity contribution in [2.24, 2.45) is 0 Å². The summed E-state index contributed by atoms with van der Waals surface area (Å²) >= 11 is 3.32. The largest absolute Gasteiger partial charge is 0.342 e. The van der Waals surface area contributed by atoms with E-state index in [-0.39, 0.29) is 0 Å². The standard InChI is InChI=1S/C12H11BrN2O2/c1-14(2)12(17)11(16)10-9(13)7-8-5-3-4-6-15(8)10/h3-7H,1-2H3. The minimum atomic E-state index is -0.533. The highest BCUT2D eigenvalue weighted by Gasteiger charge is 2.23. The molecule has 0 spiro atoms. The van der Waals surface area contributed by atoms with Gasteiger partial charge in [-0.05, 0) is 34.1 Å². The highest BCUT2D eigenvalue weighted by molar-refractivity contribution is 9.10. The maximum absolute atomic E-state index is 12.0. The van der Waals surface area contributed by atoms with Gasteiger partial charge in [-0.3, -0.25) is 9.59 Å². The first-order valence-corrected chi connectivity index (χ1v) is 5.83. The molecule has 5 heteroatoms. The molecule has 88 valence electrons. The predicted molar refractivity (Wildman–Crippen MR) is 68.1 cm³/mol. The molecule has 2 aromatic rings. The number of pyridine rings is 1. The molecule has 2 heterocycles. The lowest BCUT2D eigenvalue weighted by Crippen LogP contribution is -2.30. The minimum absolute atomic E-state index is 0.360. The number of hydrogen-bond acceptors (Lipinski definition) is 2. The Kier molecular flexibility index (Phi) is 3.02. The Hall–Kier alpha value is -1.62. The van der Waals surface area contributed by atoms with Crippen molar-refractivity contribution < 1.29 is 9.59 Å². The number of hydrogen-bond donors (Lipinski definition) is 0. The fourth-order valence-electron chi connectivity index (χ4n) is 1.61. The van der Waals surface area contributed by atoms with Gasteiger partial charge in [0, 0.05) is 30.3 Å². The second kappa shape index (κ2) is 4.33. The van der Waals surface area contributed by atoms with E-state index in [0.29, 0.717) is 10.2 Å². The molecule has 0 atom stereocenters. The van der Waals surface area contributed by atoms with E-state index in [1.54, 1.807) is 24.7 Å². The van der Waals surface area contributed by atoms with E-state index >= 15 is 0 Å². The summed E-state index contributed by atoms with van der Waals surface area (Å²) in [5.41, 5.74) is 1.23. The number of aromatic nitrogens is 1. The van der Waals surface area contributed by atoms with Crippen LogP contribution in [0.15, 0.2) is 34.9 Å². The third kappa shape index (κ3) is 1.98. The van der Waals surface area contributed by atoms with Gasteiger partial charge in [-0.1, -0.05) is 6.07 Å². The van der Waals surface area contributed by atoms with Gasteiger partial charge in [0.15, 0.2) is 0 Å². The quantitative estimate of drug-likeness (QED) is 0.628. The van der Waals surface area contributed by atoms with Crippen molar-refractivity contribution in [1.29, 1.82) is 0 Å². The van der Waals surface area contributed by atoms with Crippen LogP contribution >= 0.6 is 15.9 Å². The van der Waals surface area contributed by atoms with E-state index in [0.717, 1.165) is 5.52 Å². The molecule has 0 unspecified atom stereocenters. The molecule has 0 aromatic carbocycles. The molecule has 0 aliphatic carbocycles. The maximum atomic E-state index is 12.0. The number of rotatable bonds is 2. The minimum Gasteiger partial charge on any atom is -0.342 e. The Morgan fingerprint density at radius 2 is 2.00 bits per heavy atom. The highest BCUT2D eigenvalue weighted by atomic mass is 79.9. The lowest BCUT2D eigenvalue weighted by Gasteiger charge is -2.09. The number of likely N-dealkylation sites (N-methyl/N-ethyl adjacent to an activating group) is 1. The Balaban J connectivity index is 2.59. The van der Waals surface area contributed by atoms with Gasteiger partial charge in [0.2, 0.25) is 0 Å². The fourth-order valence-corrected chi connectivity index (χ4v) is 2.22. The molecule has 0 fully saturated rings. The van der Waals surface area contributed by atoms with Gasteiger partial charge >= 0.3 is 0 Å². The zero-order valence-corrected chi connectivity index (χ0v) is 11.1. The Bertz CT molecular complexity index is 602. The van der Waals surface area contributed by atoms with E-state index in [4.69, 9.17) is 0 Å². The first-order chi connectivity index (χ1) is 8.02. The third-order valence-corrected chi connectivity index (χ3v) is 3.05. The smallest absolute Gasteiger partial charge is 0.296 e. The summed E-state index contributed by atoms with van der Waals surface area (Å²) in [6.45, 7) is 0. The summed E-state index contributed by atoms with van der Waals surface area (Å²) in [4.78, 5) is 25.0. The lowest BCUT2D eigenvalue weighted by atomic mass is 10.2. The Labute approximate surface area is 107 Å². The van der Waals surface area contributed by atoms with Gasteiger partial charge in [0.1, 0.15) is 5.69 Å². The number of halogens is 1. The summed E-state index contributed by atoms with van der Waals surface area (Å²) in [6, 6.07) is 7.39. The molecule has 4 nitrogen and oxygen atoms in total. The van der Waals surface area contributed by atoms with Crippen LogP contribution in [0, 0.1) is 0 Å². The number of nitrogens with zero attached hydrogens (tertiary/aromatic N) is 2. The average molecular weight is 295 g/mol. The van der Waals surface area contributed by atoms with Crippen molar-refractivity contribution in [2.45, 2.75) is 0 Å². The van der Waals surface area contributed by atoms with E-state index < -0.39 is 11.7 Å². The number of fused-ring (bicyclic) bond motifs is 1. The molecular formula is C12H11BrN2O2. The van der Waals surface area contributed by atoms with Gasteiger partial charge in [-0.15, -0.1) is 0 Å². The molecule has 0 bridgehead atoms. The molecule has 17 heavy (non-hydrogen) atoms. The van der Waals surface area contributed by atoms with Crippen LogP contribution < -0.4 is 0 Å². The summed E-state index contributed by atoms with van der Waals surface area (Å²) in [7, 11) is 3.12. The van der Waals surface area contributed by atoms with Crippen LogP contribution in [0.25, 0.3) is 5.52 Å². The zero-order valence-electron chi connectivity index (χ0n) is 9.48. The topological polar surface area (TPSA) is 41.8 Å². The summed E-state index contributed by atoms with van der Waals surface area (Å²) in [6.07, 6.45) is 1.76. The normalized spacial score (nSPS) is 10.5. The van der Waals surface area contributed by atoms with Crippen molar-refractivity contribution >= 4 is 33.1 Å². The second-order valence-corrected chi connectivity index (χ2v) is 4.72. The Morgan fingerprint density at radius 1 is 1.29 bits per heavy atom. The summed E-state index contributed by atoms with van der Waals surface area (Å²) < 4.78 is 2.33. The fraction of sp³-hybridized carbons (Fsp3) is 0.167. The van der Waals surface area contributed by atoms with Crippen LogP contribution in [0.1, 0.15) is 10.5 Å².